The van der Waals surface area contributed by atoms with Gasteiger partial charge < -0.3 is 9.47 Å². The molecule has 0 aromatic rings. The fraction of sp³-hybridized carbons (Fsp3) is 0.308. The van der Waals surface area contributed by atoms with Crippen molar-refractivity contribution >= 4 is 6.21 Å². The van der Waals surface area contributed by atoms with Crippen molar-refractivity contribution in [1.29, 1.82) is 0 Å². The Morgan fingerprint density at radius 3 is 2.69 bits per heavy atom. The Labute approximate surface area is 96.5 Å². The minimum Gasteiger partial charge on any atom is -0.497 e. The van der Waals surface area contributed by atoms with Crippen LogP contribution < -0.4 is 0 Å². The lowest BCUT2D eigenvalue weighted by atomic mass is 10.2. The van der Waals surface area contributed by atoms with Crippen LogP contribution in [0.3, 0.4) is 0 Å². The Morgan fingerprint density at radius 1 is 1.38 bits per heavy atom. The lowest BCUT2D eigenvalue weighted by Crippen LogP contribution is -1.93. The largest absolute Gasteiger partial charge is 0.497 e. The summed E-state index contributed by atoms with van der Waals surface area (Å²) in [6, 6.07) is 0. The summed E-state index contributed by atoms with van der Waals surface area (Å²) < 4.78 is 10.5. The molecule has 0 fully saturated rings. The molecule has 0 atom stereocenters. The predicted molar refractivity (Wildman–Crippen MR) is 66.2 cm³/mol. The van der Waals surface area contributed by atoms with Crippen molar-refractivity contribution in [3.8, 4) is 0 Å². The van der Waals surface area contributed by atoms with Crippen LogP contribution in [0, 0.1) is 0 Å². The number of ether oxygens (including phenoxy) is 2. The van der Waals surface area contributed by atoms with E-state index < -0.39 is 0 Å². The molecule has 0 radical (unpaired) electrons. The number of hydrogen-bond acceptors (Lipinski definition) is 3. The average Bonchev–Trinajstić information content (AvgIpc) is 2.46. The average molecular weight is 219 g/mol. The standard InChI is InChI=1S/C13H17NO2/c1-5-8-14-11-9-13(16-4)12(15-3)7-6-10(11)2/h5-6,8-9H,1,7H2,2-4H3. The van der Waals surface area contributed by atoms with Gasteiger partial charge in [0, 0.05) is 18.7 Å². The van der Waals surface area contributed by atoms with E-state index in [4.69, 9.17) is 9.47 Å². The maximum atomic E-state index is 5.28. The molecule has 16 heavy (non-hydrogen) atoms. The Balaban J connectivity index is 3.13. The molecule has 0 aliphatic heterocycles. The summed E-state index contributed by atoms with van der Waals surface area (Å²) in [6.45, 7) is 5.61. The van der Waals surface area contributed by atoms with E-state index in [2.05, 4.69) is 17.6 Å². The zero-order valence-electron chi connectivity index (χ0n) is 9.99. The quantitative estimate of drug-likeness (QED) is 0.680. The zero-order chi connectivity index (χ0) is 12.0. The first-order valence-electron chi connectivity index (χ1n) is 5.08. The fourth-order valence-electron chi connectivity index (χ4n) is 1.40. The van der Waals surface area contributed by atoms with Gasteiger partial charge in [-0.05, 0) is 12.5 Å². The van der Waals surface area contributed by atoms with Crippen LogP contribution in [-0.4, -0.2) is 20.4 Å². The second-order valence-electron chi connectivity index (χ2n) is 3.33. The van der Waals surface area contributed by atoms with E-state index in [9.17, 15) is 0 Å². The summed E-state index contributed by atoms with van der Waals surface area (Å²) in [4.78, 5) is 4.29. The molecule has 1 rings (SSSR count). The molecule has 0 saturated heterocycles. The third kappa shape index (κ3) is 2.86. The number of hydrogen-bond donors (Lipinski definition) is 0. The molecule has 0 amide bonds. The van der Waals surface area contributed by atoms with Gasteiger partial charge in [-0.25, -0.2) is 0 Å². The van der Waals surface area contributed by atoms with Gasteiger partial charge in [0.1, 0.15) is 5.76 Å². The highest BCUT2D eigenvalue weighted by atomic mass is 16.5. The molecule has 3 nitrogen and oxygen atoms in total. The van der Waals surface area contributed by atoms with Crippen molar-refractivity contribution in [2.75, 3.05) is 14.2 Å². The van der Waals surface area contributed by atoms with Crippen LogP contribution in [0.2, 0.25) is 0 Å². The molecule has 0 aromatic carbocycles. The van der Waals surface area contributed by atoms with Crippen LogP contribution in [0.25, 0.3) is 0 Å². The summed E-state index contributed by atoms with van der Waals surface area (Å²) in [5.41, 5.74) is 1.96. The van der Waals surface area contributed by atoms with E-state index in [1.165, 1.54) is 0 Å². The minimum atomic E-state index is 0.715. The van der Waals surface area contributed by atoms with Gasteiger partial charge >= 0.3 is 0 Å². The normalized spacial score (nSPS) is 16.7. The fourth-order valence-corrected chi connectivity index (χ4v) is 1.40. The van der Waals surface area contributed by atoms with E-state index >= 15 is 0 Å². The number of aliphatic imine (C=N–C) groups is 1. The van der Waals surface area contributed by atoms with Crippen LogP contribution >= 0.6 is 0 Å². The Hall–Kier alpha value is -1.77. The molecule has 1 aliphatic rings. The lowest BCUT2D eigenvalue weighted by molar-refractivity contribution is 0.227. The molecule has 0 heterocycles. The van der Waals surface area contributed by atoms with Crippen molar-refractivity contribution in [3.63, 3.8) is 0 Å². The van der Waals surface area contributed by atoms with Crippen LogP contribution in [-0.2, 0) is 9.47 Å². The SMILES string of the molecule is C=CC=NC1=CC(OC)=C(OC)CC=C1C. The first-order valence-corrected chi connectivity index (χ1v) is 5.08. The van der Waals surface area contributed by atoms with Gasteiger partial charge in [-0.15, -0.1) is 0 Å². The van der Waals surface area contributed by atoms with Gasteiger partial charge in [-0.1, -0.05) is 18.7 Å². The smallest absolute Gasteiger partial charge is 0.158 e. The molecule has 0 bridgehead atoms. The third-order valence-electron chi connectivity index (χ3n) is 2.33. The monoisotopic (exact) mass is 219 g/mol. The third-order valence-corrected chi connectivity index (χ3v) is 2.33. The van der Waals surface area contributed by atoms with Gasteiger partial charge in [-0.2, -0.15) is 0 Å². The van der Waals surface area contributed by atoms with E-state index in [-0.39, 0.29) is 0 Å². The highest BCUT2D eigenvalue weighted by molar-refractivity contribution is 5.72. The number of allylic oxidation sites excluding steroid dienone is 4. The molecule has 0 spiro atoms. The molecule has 0 saturated carbocycles. The van der Waals surface area contributed by atoms with Crippen LogP contribution in [0.4, 0.5) is 0 Å². The van der Waals surface area contributed by atoms with Gasteiger partial charge in [0.2, 0.25) is 0 Å². The van der Waals surface area contributed by atoms with E-state index in [0.29, 0.717) is 5.76 Å². The molecule has 86 valence electrons. The van der Waals surface area contributed by atoms with Gasteiger partial charge in [-0.3, -0.25) is 4.99 Å². The summed E-state index contributed by atoms with van der Waals surface area (Å²) in [5.74, 6) is 1.53. The van der Waals surface area contributed by atoms with Gasteiger partial charge in [0.25, 0.3) is 0 Å². The highest BCUT2D eigenvalue weighted by Gasteiger charge is 2.11. The molecular formula is C13H17NO2. The first-order chi connectivity index (χ1) is 7.72. The maximum absolute atomic E-state index is 5.28. The number of nitrogens with zero attached hydrogens (tertiary/aromatic N) is 1. The Morgan fingerprint density at radius 2 is 2.12 bits per heavy atom. The number of methoxy groups -OCH3 is 2. The summed E-state index contributed by atoms with van der Waals surface area (Å²) in [6.07, 6.45) is 7.96. The maximum Gasteiger partial charge on any atom is 0.158 e. The van der Waals surface area contributed by atoms with Crippen LogP contribution in [0.15, 0.2) is 52.6 Å². The summed E-state index contributed by atoms with van der Waals surface area (Å²) in [7, 11) is 3.27. The first kappa shape index (κ1) is 12.3. The number of rotatable bonds is 4. The summed E-state index contributed by atoms with van der Waals surface area (Å²) >= 11 is 0. The highest BCUT2D eigenvalue weighted by Crippen LogP contribution is 2.24. The molecule has 3 heteroatoms. The lowest BCUT2D eigenvalue weighted by Gasteiger charge is -2.07. The Kier molecular flexibility index (Phi) is 4.58. The molecular weight excluding hydrogens is 202 g/mol. The Bertz CT molecular complexity index is 387. The molecule has 0 unspecified atom stereocenters. The van der Waals surface area contributed by atoms with Crippen molar-refractivity contribution in [3.05, 3.63) is 47.6 Å². The minimum absolute atomic E-state index is 0.715. The second kappa shape index (κ2) is 5.95. The molecule has 0 aromatic heterocycles. The molecule has 1 aliphatic carbocycles. The molecule has 0 N–H and O–H groups in total. The predicted octanol–water partition coefficient (Wildman–Crippen LogP) is 2.98. The van der Waals surface area contributed by atoms with Crippen molar-refractivity contribution < 1.29 is 9.47 Å². The van der Waals surface area contributed by atoms with Gasteiger partial charge in [0.05, 0.1) is 19.9 Å². The van der Waals surface area contributed by atoms with E-state index in [1.807, 2.05) is 13.0 Å². The van der Waals surface area contributed by atoms with Crippen molar-refractivity contribution in [1.82, 2.24) is 0 Å². The second-order valence-corrected chi connectivity index (χ2v) is 3.33. The zero-order valence-corrected chi connectivity index (χ0v) is 9.99. The topological polar surface area (TPSA) is 30.8 Å². The van der Waals surface area contributed by atoms with Crippen LogP contribution in [0.5, 0.6) is 0 Å². The van der Waals surface area contributed by atoms with Crippen LogP contribution in [0.1, 0.15) is 13.3 Å². The van der Waals surface area contributed by atoms with E-state index in [0.717, 1.165) is 23.5 Å². The van der Waals surface area contributed by atoms with E-state index in [1.54, 1.807) is 26.5 Å². The van der Waals surface area contributed by atoms with Crippen molar-refractivity contribution in [2.45, 2.75) is 13.3 Å². The van der Waals surface area contributed by atoms with Gasteiger partial charge in [0.15, 0.2) is 5.76 Å². The van der Waals surface area contributed by atoms with Crippen molar-refractivity contribution in [2.24, 2.45) is 4.99 Å². The summed E-state index contributed by atoms with van der Waals surface area (Å²) in [5, 5.41) is 0.